The van der Waals surface area contributed by atoms with E-state index in [-0.39, 0.29) is 17.5 Å². The summed E-state index contributed by atoms with van der Waals surface area (Å²) in [6.07, 6.45) is 0. The van der Waals surface area contributed by atoms with Crippen LogP contribution in [0, 0.1) is 12.7 Å². The van der Waals surface area contributed by atoms with Gasteiger partial charge in [-0.05, 0) is 37.3 Å². The molecule has 0 heterocycles. The fraction of sp³-hybridized carbons (Fsp3) is 0.133. The van der Waals surface area contributed by atoms with E-state index in [1.807, 2.05) is 31.2 Å². The molecule has 0 bridgehead atoms. The smallest absolute Gasteiger partial charge is 0.243 e. The van der Waals surface area contributed by atoms with Gasteiger partial charge in [-0.15, -0.1) is 0 Å². The number of nitrogens with one attached hydrogen (secondary N) is 2. The first-order valence-corrected chi connectivity index (χ1v) is 6.48. The standard InChI is InChI=1S/C15H14ClFN2O/c1-10-2-4-11(5-3-10)19-15(20)9-18-12-6-7-14(17)13(16)8-12/h2-8,18H,9H2,1H3,(H,19,20). The highest BCUT2D eigenvalue weighted by Crippen LogP contribution is 2.19. The van der Waals surface area contributed by atoms with Gasteiger partial charge < -0.3 is 10.6 Å². The van der Waals surface area contributed by atoms with Crippen LogP contribution in [0.3, 0.4) is 0 Å². The Kier molecular flexibility index (Phi) is 4.58. The summed E-state index contributed by atoms with van der Waals surface area (Å²) in [6, 6.07) is 11.7. The lowest BCUT2D eigenvalue weighted by molar-refractivity contribution is -0.114. The summed E-state index contributed by atoms with van der Waals surface area (Å²) in [5.74, 6) is -0.671. The van der Waals surface area contributed by atoms with Gasteiger partial charge in [0.25, 0.3) is 0 Å². The Morgan fingerprint density at radius 2 is 1.80 bits per heavy atom. The first-order valence-electron chi connectivity index (χ1n) is 6.10. The minimum Gasteiger partial charge on any atom is -0.376 e. The molecule has 104 valence electrons. The van der Waals surface area contributed by atoms with Crippen LogP contribution in [0.15, 0.2) is 42.5 Å². The molecule has 0 fully saturated rings. The van der Waals surface area contributed by atoms with Gasteiger partial charge in [-0.3, -0.25) is 4.79 Å². The number of anilines is 2. The minimum atomic E-state index is -0.485. The number of benzene rings is 2. The van der Waals surface area contributed by atoms with Crippen molar-refractivity contribution in [3.8, 4) is 0 Å². The van der Waals surface area contributed by atoms with Crippen LogP contribution in [0.5, 0.6) is 0 Å². The van der Waals surface area contributed by atoms with E-state index < -0.39 is 5.82 Å². The van der Waals surface area contributed by atoms with Crippen LogP contribution < -0.4 is 10.6 Å². The molecule has 2 aromatic rings. The Labute approximate surface area is 121 Å². The molecule has 0 unspecified atom stereocenters. The lowest BCUT2D eigenvalue weighted by Crippen LogP contribution is -2.21. The van der Waals surface area contributed by atoms with Gasteiger partial charge in [0.2, 0.25) is 5.91 Å². The summed E-state index contributed by atoms with van der Waals surface area (Å²) < 4.78 is 13.0. The Morgan fingerprint density at radius 1 is 1.15 bits per heavy atom. The van der Waals surface area contributed by atoms with Crippen LogP contribution in [-0.2, 0) is 4.79 Å². The number of amides is 1. The third-order valence-electron chi connectivity index (χ3n) is 2.71. The molecule has 2 rings (SSSR count). The predicted octanol–water partition coefficient (Wildman–Crippen LogP) is 3.84. The Morgan fingerprint density at radius 3 is 2.45 bits per heavy atom. The van der Waals surface area contributed by atoms with E-state index in [1.54, 1.807) is 0 Å². The largest absolute Gasteiger partial charge is 0.376 e. The quantitative estimate of drug-likeness (QED) is 0.899. The first-order chi connectivity index (χ1) is 9.54. The highest BCUT2D eigenvalue weighted by atomic mass is 35.5. The molecule has 0 saturated carbocycles. The van der Waals surface area contributed by atoms with Crippen molar-refractivity contribution in [2.45, 2.75) is 6.92 Å². The molecule has 2 N–H and O–H groups in total. The van der Waals surface area contributed by atoms with Crippen molar-refractivity contribution in [2.75, 3.05) is 17.2 Å². The summed E-state index contributed by atoms with van der Waals surface area (Å²) in [6.45, 7) is 2.06. The SMILES string of the molecule is Cc1ccc(NC(=O)CNc2ccc(F)c(Cl)c2)cc1. The lowest BCUT2D eigenvalue weighted by atomic mass is 10.2. The topological polar surface area (TPSA) is 41.1 Å². The monoisotopic (exact) mass is 292 g/mol. The van der Waals surface area contributed by atoms with Crippen molar-refractivity contribution >= 4 is 28.9 Å². The zero-order valence-electron chi connectivity index (χ0n) is 10.9. The molecule has 0 aliphatic rings. The van der Waals surface area contributed by atoms with Crippen LogP contribution in [-0.4, -0.2) is 12.5 Å². The van der Waals surface area contributed by atoms with Gasteiger partial charge in [0.1, 0.15) is 5.82 Å². The number of hydrogen-bond donors (Lipinski definition) is 2. The van der Waals surface area contributed by atoms with E-state index in [0.29, 0.717) is 5.69 Å². The molecule has 5 heteroatoms. The van der Waals surface area contributed by atoms with Gasteiger partial charge in [0, 0.05) is 11.4 Å². The van der Waals surface area contributed by atoms with Gasteiger partial charge in [-0.25, -0.2) is 4.39 Å². The van der Waals surface area contributed by atoms with E-state index in [0.717, 1.165) is 11.3 Å². The fourth-order valence-electron chi connectivity index (χ4n) is 1.63. The van der Waals surface area contributed by atoms with Crippen LogP contribution in [0.4, 0.5) is 15.8 Å². The second-order valence-electron chi connectivity index (χ2n) is 4.40. The van der Waals surface area contributed by atoms with Gasteiger partial charge in [-0.2, -0.15) is 0 Å². The third-order valence-corrected chi connectivity index (χ3v) is 3.00. The zero-order valence-corrected chi connectivity index (χ0v) is 11.7. The maximum atomic E-state index is 13.0. The highest BCUT2D eigenvalue weighted by molar-refractivity contribution is 6.31. The first kappa shape index (κ1) is 14.3. The number of halogens is 2. The molecule has 0 aliphatic heterocycles. The van der Waals surface area contributed by atoms with Crippen molar-refractivity contribution in [1.82, 2.24) is 0 Å². The molecule has 2 aromatic carbocycles. The summed E-state index contributed by atoms with van der Waals surface area (Å²) >= 11 is 5.66. The summed E-state index contributed by atoms with van der Waals surface area (Å²) in [7, 11) is 0. The van der Waals surface area contributed by atoms with Crippen LogP contribution in [0.2, 0.25) is 5.02 Å². The van der Waals surface area contributed by atoms with Gasteiger partial charge >= 0.3 is 0 Å². The highest BCUT2D eigenvalue weighted by Gasteiger charge is 2.04. The van der Waals surface area contributed by atoms with Crippen molar-refractivity contribution in [3.05, 3.63) is 58.9 Å². The van der Waals surface area contributed by atoms with Crippen molar-refractivity contribution < 1.29 is 9.18 Å². The maximum Gasteiger partial charge on any atom is 0.243 e. The van der Waals surface area contributed by atoms with Crippen molar-refractivity contribution in [1.29, 1.82) is 0 Å². The number of carbonyl (C=O) groups excluding carboxylic acids is 1. The number of hydrogen-bond acceptors (Lipinski definition) is 2. The van der Waals surface area contributed by atoms with Gasteiger partial charge in [-0.1, -0.05) is 29.3 Å². The van der Waals surface area contributed by atoms with Crippen LogP contribution in [0.25, 0.3) is 0 Å². The zero-order chi connectivity index (χ0) is 14.5. The summed E-state index contributed by atoms with van der Waals surface area (Å²) in [4.78, 5) is 11.7. The molecule has 0 aliphatic carbocycles. The molecule has 0 radical (unpaired) electrons. The average Bonchev–Trinajstić information content (AvgIpc) is 2.43. The number of aryl methyl sites for hydroxylation is 1. The number of carbonyl (C=O) groups is 1. The second kappa shape index (κ2) is 6.39. The van der Waals surface area contributed by atoms with Gasteiger partial charge in [0.05, 0.1) is 11.6 Å². The molecule has 0 atom stereocenters. The maximum absolute atomic E-state index is 13.0. The van der Waals surface area contributed by atoms with Crippen LogP contribution in [0.1, 0.15) is 5.56 Å². The number of rotatable bonds is 4. The summed E-state index contributed by atoms with van der Waals surface area (Å²) in [5.41, 5.74) is 2.46. The predicted molar refractivity (Wildman–Crippen MR) is 79.7 cm³/mol. The normalized spacial score (nSPS) is 10.2. The second-order valence-corrected chi connectivity index (χ2v) is 4.80. The van der Waals surface area contributed by atoms with E-state index in [9.17, 15) is 9.18 Å². The molecular formula is C15H14ClFN2O. The molecule has 1 amide bonds. The van der Waals surface area contributed by atoms with Crippen molar-refractivity contribution in [3.63, 3.8) is 0 Å². The van der Waals surface area contributed by atoms with E-state index in [4.69, 9.17) is 11.6 Å². The molecule has 0 spiro atoms. The van der Waals surface area contributed by atoms with Crippen molar-refractivity contribution in [2.24, 2.45) is 0 Å². The van der Waals surface area contributed by atoms with Crippen LogP contribution >= 0.6 is 11.6 Å². The average molecular weight is 293 g/mol. The van der Waals surface area contributed by atoms with Gasteiger partial charge in [0.15, 0.2) is 0 Å². The Balaban J connectivity index is 1.88. The molecular weight excluding hydrogens is 279 g/mol. The molecule has 0 aromatic heterocycles. The van der Waals surface area contributed by atoms with E-state index in [2.05, 4.69) is 10.6 Å². The fourth-order valence-corrected chi connectivity index (χ4v) is 1.81. The Bertz CT molecular complexity index is 614. The molecule has 20 heavy (non-hydrogen) atoms. The Hall–Kier alpha value is -2.07. The molecule has 3 nitrogen and oxygen atoms in total. The minimum absolute atomic E-state index is 0.0222. The van der Waals surface area contributed by atoms with E-state index in [1.165, 1.54) is 18.2 Å². The van der Waals surface area contributed by atoms with E-state index >= 15 is 0 Å². The summed E-state index contributed by atoms with van der Waals surface area (Å²) in [5, 5.41) is 5.66. The molecule has 0 saturated heterocycles. The third kappa shape index (κ3) is 3.96. The lowest BCUT2D eigenvalue weighted by Gasteiger charge is -2.08.